The molecule has 1 aromatic carbocycles. The van der Waals surface area contributed by atoms with Crippen molar-refractivity contribution in [1.29, 1.82) is 0 Å². The maximum atomic E-state index is 6.57. The van der Waals surface area contributed by atoms with Crippen LogP contribution in [0.5, 0.6) is 0 Å². The molecule has 1 unspecified atom stereocenters. The Labute approximate surface area is 122 Å². The van der Waals surface area contributed by atoms with Gasteiger partial charge in [0.1, 0.15) is 0 Å². The molecule has 3 heteroatoms. The van der Waals surface area contributed by atoms with Crippen LogP contribution < -0.4 is 0 Å². The lowest BCUT2D eigenvalue weighted by molar-refractivity contribution is 0.697. The van der Waals surface area contributed by atoms with Crippen molar-refractivity contribution in [1.82, 2.24) is 0 Å². The fraction of sp³-hybridized carbons (Fsp3) is 0.333. The normalized spacial score (nSPS) is 16.3. The van der Waals surface area contributed by atoms with Gasteiger partial charge in [0, 0.05) is 14.8 Å². The number of hydrogen-bond donors (Lipinski definition) is 0. The molecule has 0 fully saturated rings. The number of aryl methyl sites for hydroxylation is 2. The zero-order valence-electron chi connectivity index (χ0n) is 9.96. The lowest BCUT2D eigenvalue weighted by Crippen LogP contribution is -1.96. The van der Waals surface area contributed by atoms with Crippen LogP contribution in [0, 0.1) is 0 Å². The largest absolute Gasteiger partial charge is 0.143 e. The van der Waals surface area contributed by atoms with E-state index >= 15 is 0 Å². The molecule has 1 aromatic heterocycles. The molecule has 94 valence electrons. The van der Waals surface area contributed by atoms with E-state index in [0.29, 0.717) is 0 Å². The van der Waals surface area contributed by atoms with Gasteiger partial charge in [0.15, 0.2) is 0 Å². The van der Waals surface area contributed by atoms with Crippen molar-refractivity contribution in [2.24, 2.45) is 0 Å². The third kappa shape index (κ3) is 2.45. The Morgan fingerprint density at radius 1 is 1.06 bits per heavy atom. The number of thiophene rings is 1. The predicted molar refractivity (Wildman–Crippen MR) is 80.1 cm³/mol. The number of alkyl halides is 1. The first-order chi connectivity index (χ1) is 8.74. The maximum Gasteiger partial charge on any atom is 0.0927 e. The summed E-state index contributed by atoms with van der Waals surface area (Å²) >= 11 is 14.4. The van der Waals surface area contributed by atoms with Crippen molar-refractivity contribution in [2.45, 2.75) is 31.1 Å². The Hall–Kier alpha value is -0.500. The van der Waals surface area contributed by atoms with Gasteiger partial charge >= 0.3 is 0 Å². The van der Waals surface area contributed by atoms with E-state index in [1.807, 2.05) is 35.6 Å². The van der Waals surface area contributed by atoms with Crippen molar-refractivity contribution >= 4 is 34.5 Å². The maximum absolute atomic E-state index is 6.57. The van der Waals surface area contributed by atoms with Gasteiger partial charge in [-0.1, -0.05) is 23.7 Å². The first-order valence-electron chi connectivity index (χ1n) is 6.25. The summed E-state index contributed by atoms with van der Waals surface area (Å²) in [7, 11) is 0. The third-order valence-electron chi connectivity index (χ3n) is 3.43. The molecule has 0 saturated carbocycles. The molecule has 0 spiro atoms. The lowest BCUT2D eigenvalue weighted by atomic mass is 9.99. The topological polar surface area (TPSA) is 0 Å². The van der Waals surface area contributed by atoms with Crippen molar-refractivity contribution in [3.05, 3.63) is 56.2 Å². The fourth-order valence-electron chi connectivity index (χ4n) is 2.43. The standard InChI is InChI=1S/C15H14Cl2S/c16-12-7-5-10(6-8-12)15(17)14-9-11-3-1-2-4-13(11)18-14/h5-9,15H,1-4H2. The summed E-state index contributed by atoms with van der Waals surface area (Å²) in [6.45, 7) is 0. The number of benzene rings is 1. The van der Waals surface area contributed by atoms with Crippen LogP contribution in [-0.4, -0.2) is 0 Å². The minimum Gasteiger partial charge on any atom is -0.143 e. The van der Waals surface area contributed by atoms with Crippen LogP contribution in [0.15, 0.2) is 30.3 Å². The number of rotatable bonds is 2. The van der Waals surface area contributed by atoms with Gasteiger partial charge in [0.05, 0.1) is 5.38 Å². The molecule has 1 heterocycles. The van der Waals surface area contributed by atoms with Gasteiger partial charge in [-0.05, 0) is 55.0 Å². The van der Waals surface area contributed by atoms with Crippen LogP contribution in [0.2, 0.25) is 5.02 Å². The van der Waals surface area contributed by atoms with Crippen LogP contribution in [0.3, 0.4) is 0 Å². The van der Waals surface area contributed by atoms with E-state index in [4.69, 9.17) is 23.2 Å². The molecule has 0 radical (unpaired) electrons. The molecule has 1 aliphatic rings. The first-order valence-corrected chi connectivity index (χ1v) is 7.88. The quantitative estimate of drug-likeness (QED) is 0.632. The molecular weight excluding hydrogens is 283 g/mol. The second kappa shape index (κ2) is 5.24. The first kappa shape index (κ1) is 12.5. The van der Waals surface area contributed by atoms with Gasteiger partial charge in [-0.25, -0.2) is 0 Å². The highest BCUT2D eigenvalue weighted by Crippen LogP contribution is 2.38. The van der Waals surface area contributed by atoms with Gasteiger partial charge in [0.25, 0.3) is 0 Å². The van der Waals surface area contributed by atoms with E-state index in [0.717, 1.165) is 10.6 Å². The van der Waals surface area contributed by atoms with Crippen molar-refractivity contribution in [3.8, 4) is 0 Å². The molecule has 0 nitrogen and oxygen atoms in total. The van der Waals surface area contributed by atoms with Gasteiger partial charge in [0.2, 0.25) is 0 Å². The number of hydrogen-bond acceptors (Lipinski definition) is 1. The second-order valence-electron chi connectivity index (χ2n) is 4.72. The van der Waals surface area contributed by atoms with Gasteiger partial charge in [-0.3, -0.25) is 0 Å². The van der Waals surface area contributed by atoms with E-state index in [2.05, 4.69) is 6.07 Å². The van der Waals surface area contributed by atoms with E-state index in [9.17, 15) is 0 Å². The predicted octanol–water partition coefficient (Wildman–Crippen LogP) is 5.61. The van der Waals surface area contributed by atoms with E-state index in [1.165, 1.54) is 41.0 Å². The monoisotopic (exact) mass is 296 g/mol. The summed E-state index contributed by atoms with van der Waals surface area (Å²) < 4.78 is 0. The SMILES string of the molecule is Clc1ccc(C(Cl)c2cc3c(s2)CCCC3)cc1. The molecule has 0 bridgehead atoms. The third-order valence-corrected chi connectivity index (χ3v) is 5.60. The Kier molecular flexibility index (Phi) is 3.65. The number of fused-ring (bicyclic) bond motifs is 1. The zero-order valence-corrected chi connectivity index (χ0v) is 12.3. The van der Waals surface area contributed by atoms with Crippen molar-refractivity contribution in [2.75, 3.05) is 0 Å². The van der Waals surface area contributed by atoms with Crippen molar-refractivity contribution < 1.29 is 0 Å². The van der Waals surface area contributed by atoms with Crippen LogP contribution in [0.1, 0.15) is 39.1 Å². The van der Waals surface area contributed by atoms with Crippen LogP contribution in [0.25, 0.3) is 0 Å². The smallest absolute Gasteiger partial charge is 0.0927 e. The van der Waals surface area contributed by atoms with Crippen LogP contribution in [0.4, 0.5) is 0 Å². The summed E-state index contributed by atoms with van der Waals surface area (Å²) in [6, 6.07) is 10.1. The Morgan fingerprint density at radius 2 is 1.78 bits per heavy atom. The summed E-state index contributed by atoms with van der Waals surface area (Å²) in [4.78, 5) is 2.81. The zero-order chi connectivity index (χ0) is 12.5. The molecule has 3 rings (SSSR count). The molecule has 0 saturated heterocycles. The molecule has 2 aromatic rings. The average Bonchev–Trinajstić information content (AvgIpc) is 2.82. The summed E-state index contributed by atoms with van der Waals surface area (Å²) in [5.41, 5.74) is 2.64. The van der Waals surface area contributed by atoms with Crippen molar-refractivity contribution in [3.63, 3.8) is 0 Å². The summed E-state index contributed by atoms with van der Waals surface area (Å²) in [6.07, 6.45) is 5.08. The van der Waals surface area contributed by atoms with E-state index < -0.39 is 0 Å². The minimum absolute atomic E-state index is 0.0436. The highest BCUT2D eigenvalue weighted by molar-refractivity contribution is 7.12. The van der Waals surface area contributed by atoms with E-state index in [-0.39, 0.29) is 5.38 Å². The van der Waals surface area contributed by atoms with E-state index in [1.54, 1.807) is 0 Å². The molecule has 1 aliphatic carbocycles. The highest BCUT2D eigenvalue weighted by atomic mass is 35.5. The Bertz CT molecular complexity index is 519. The van der Waals surface area contributed by atoms with Gasteiger partial charge in [-0.2, -0.15) is 0 Å². The minimum atomic E-state index is -0.0436. The Balaban J connectivity index is 1.89. The molecule has 18 heavy (non-hydrogen) atoms. The average molecular weight is 297 g/mol. The van der Waals surface area contributed by atoms with Gasteiger partial charge < -0.3 is 0 Å². The number of halogens is 2. The van der Waals surface area contributed by atoms with Gasteiger partial charge in [-0.15, -0.1) is 22.9 Å². The summed E-state index contributed by atoms with van der Waals surface area (Å²) in [5, 5.41) is 0.714. The highest BCUT2D eigenvalue weighted by Gasteiger charge is 2.18. The summed E-state index contributed by atoms with van der Waals surface area (Å²) in [5.74, 6) is 0. The Morgan fingerprint density at radius 3 is 2.50 bits per heavy atom. The van der Waals surface area contributed by atoms with Crippen LogP contribution >= 0.6 is 34.5 Å². The second-order valence-corrected chi connectivity index (χ2v) is 6.76. The fourth-order valence-corrected chi connectivity index (χ4v) is 4.17. The molecule has 0 amide bonds. The molecular formula is C15H14Cl2S. The lowest BCUT2D eigenvalue weighted by Gasteiger charge is -2.08. The van der Waals surface area contributed by atoms with Crippen LogP contribution in [-0.2, 0) is 12.8 Å². The molecule has 1 atom stereocenters. The molecule has 0 aliphatic heterocycles. The molecule has 0 N–H and O–H groups in total.